The summed E-state index contributed by atoms with van der Waals surface area (Å²) in [4.78, 5) is 24.9. The van der Waals surface area contributed by atoms with Crippen LogP contribution in [0, 0.1) is 0 Å². The molecule has 1 heterocycles. The number of nitrogens with one attached hydrogen (secondary N) is 2. The summed E-state index contributed by atoms with van der Waals surface area (Å²) in [5.74, 6) is -0.533. The van der Waals surface area contributed by atoms with Crippen molar-refractivity contribution >= 4 is 52.5 Å². The highest BCUT2D eigenvalue weighted by Crippen LogP contribution is 2.35. The lowest BCUT2D eigenvalue weighted by Crippen LogP contribution is -2.29. The first-order chi connectivity index (χ1) is 19.1. The van der Waals surface area contributed by atoms with Gasteiger partial charge in [0.25, 0.3) is 5.91 Å². The van der Waals surface area contributed by atoms with Gasteiger partial charge in [-0.1, -0.05) is 65.3 Å². The number of rotatable bonds is 10. The van der Waals surface area contributed by atoms with Crippen LogP contribution in [-0.4, -0.2) is 38.9 Å². The SMILES string of the molecule is O=C(COc1ccccc1)NCc1nnc(SCC(=O)Nc2ccccc2C(F)(F)F)n1-c1ccc(Cl)c(Cl)c1. The number of thioether (sulfide) groups is 1. The van der Waals surface area contributed by atoms with Crippen LogP contribution in [0.15, 0.2) is 78.0 Å². The van der Waals surface area contributed by atoms with E-state index in [0.717, 1.165) is 17.8 Å². The van der Waals surface area contributed by atoms with Crippen LogP contribution in [0.25, 0.3) is 5.69 Å². The lowest BCUT2D eigenvalue weighted by atomic mass is 10.1. The van der Waals surface area contributed by atoms with Gasteiger partial charge in [-0.2, -0.15) is 13.2 Å². The van der Waals surface area contributed by atoms with Crippen LogP contribution in [0.5, 0.6) is 5.75 Å². The zero-order valence-corrected chi connectivity index (χ0v) is 22.7. The van der Waals surface area contributed by atoms with E-state index in [9.17, 15) is 22.8 Å². The Morgan fingerprint density at radius 2 is 1.65 bits per heavy atom. The quantitative estimate of drug-likeness (QED) is 0.213. The summed E-state index contributed by atoms with van der Waals surface area (Å²) in [5, 5.41) is 14.0. The fraction of sp³-hybridized carbons (Fsp3) is 0.154. The maximum absolute atomic E-state index is 13.3. The first-order valence-electron chi connectivity index (χ1n) is 11.5. The van der Waals surface area contributed by atoms with Gasteiger partial charge >= 0.3 is 6.18 Å². The van der Waals surface area contributed by atoms with Crippen molar-refractivity contribution in [3.8, 4) is 11.4 Å². The highest BCUT2D eigenvalue weighted by atomic mass is 35.5. The van der Waals surface area contributed by atoms with Crippen LogP contribution in [-0.2, 0) is 22.3 Å². The molecule has 1 aromatic heterocycles. The molecule has 3 aromatic carbocycles. The Hall–Kier alpha value is -3.74. The molecule has 0 bridgehead atoms. The van der Waals surface area contributed by atoms with Gasteiger partial charge < -0.3 is 15.4 Å². The van der Waals surface area contributed by atoms with E-state index in [1.54, 1.807) is 47.0 Å². The predicted octanol–water partition coefficient (Wildman–Crippen LogP) is 6.02. The molecule has 0 fully saturated rings. The third-order valence-corrected chi connectivity index (χ3v) is 6.93. The van der Waals surface area contributed by atoms with Gasteiger partial charge in [-0.05, 0) is 42.5 Å². The molecule has 0 spiro atoms. The Bertz CT molecular complexity index is 1500. The number of hydrogen-bond donors (Lipinski definition) is 2. The molecule has 0 saturated carbocycles. The minimum absolute atomic E-state index is 0.0457. The van der Waals surface area contributed by atoms with E-state index in [-0.39, 0.29) is 34.8 Å². The fourth-order valence-electron chi connectivity index (χ4n) is 3.44. The number of para-hydroxylation sites is 2. The smallest absolute Gasteiger partial charge is 0.418 e. The second-order valence-corrected chi connectivity index (χ2v) is 9.85. The monoisotopic (exact) mass is 609 g/mol. The average molecular weight is 610 g/mol. The number of ether oxygens (including phenoxy) is 1. The number of carbonyl (C=O) groups is 2. The number of anilines is 1. The summed E-state index contributed by atoms with van der Waals surface area (Å²) in [5.41, 5.74) is -0.816. The molecule has 2 N–H and O–H groups in total. The van der Waals surface area contributed by atoms with Gasteiger partial charge in [0.2, 0.25) is 5.91 Å². The maximum Gasteiger partial charge on any atom is 0.418 e. The van der Waals surface area contributed by atoms with E-state index in [0.29, 0.717) is 22.3 Å². The minimum atomic E-state index is -4.63. The summed E-state index contributed by atoms with van der Waals surface area (Å²) < 4.78 is 46.8. The van der Waals surface area contributed by atoms with Crippen LogP contribution in [0.3, 0.4) is 0 Å². The molecular formula is C26H20Cl2F3N5O3S. The predicted molar refractivity (Wildman–Crippen MR) is 146 cm³/mol. The fourth-order valence-corrected chi connectivity index (χ4v) is 4.50. The summed E-state index contributed by atoms with van der Waals surface area (Å²) in [7, 11) is 0. The molecule has 2 amide bonds. The second-order valence-electron chi connectivity index (χ2n) is 8.09. The van der Waals surface area contributed by atoms with Crippen molar-refractivity contribution < 1.29 is 27.5 Å². The van der Waals surface area contributed by atoms with E-state index in [4.69, 9.17) is 27.9 Å². The van der Waals surface area contributed by atoms with Crippen molar-refractivity contribution in [3.63, 3.8) is 0 Å². The Morgan fingerprint density at radius 3 is 2.38 bits per heavy atom. The highest BCUT2D eigenvalue weighted by Gasteiger charge is 2.33. The third kappa shape index (κ3) is 7.68. The number of halogens is 5. The van der Waals surface area contributed by atoms with Crippen molar-refractivity contribution in [2.75, 3.05) is 17.7 Å². The Morgan fingerprint density at radius 1 is 0.925 bits per heavy atom. The molecular weight excluding hydrogens is 590 g/mol. The van der Waals surface area contributed by atoms with Crippen molar-refractivity contribution in [2.24, 2.45) is 0 Å². The van der Waals surface area contributed by atoms with Gasteiger partial charge in [-0.25, -0.2) is 0 Å². The summed E-state index contributed by atoms with van der Waals surface area (Å²) >= 11 is 13.2. The van der Waals surface area contributed by atoms with Gasteiger partial charge in [-0.15, -0.1) is 10.2 Å². The lowest BCUT2D eigenvalue weighted by Gasteiger charge is -2.14. The van der Waals surface area contributed by atoms with Gasteiger partial charge in [0, 0.05) is 0 Å². The van der Waals surface area contributed by atoms with Gasteiger partial charge in [0.15, 0.2) is 17.6 Å². The number of nitrogens with zero attached hydrogens (tertiary/aromatic N) is 3. The average Bonchev–Trinajstić information content (AvgIpc) is 3.34. The van der Waals surface area contributed by atoms with Crippen LogP contribution in [0.2, 0.25) is 10.0 Å². The van der Waals surface area contributed by atoms with Crippen molar-refractivity contribution in [1.29, 1.82) is 0 Å². The molecule has 0 atom stereocenters. The standard InChI is InChI=1S/C26H20Cl2F3N5O3S/c27-19-11-10-16(12-20(19)28)36-22(13-32-23(37)14-39-17-6-2-1-3-7-17)34-35-25(36)40-15-24(38)33-21-9-5-4-8-18(21)26(29,30)31/h1-12H,13-15H2,(H,32,37)(H,33,38). The van der Waals surface area contributed by atoms with Crippen LogP contribution >= 0.6 is 35.0 Å². The first-order valence-corrected chi connectivity index (χ1v) is 13.3. The number of carbonyl (C=O) groups excluding carboxylic acids is 2. The Labute approximate surface area is 240 Å². The molecule has 4 aromatic rings. The minimum Gasteiger partial charge on any atom is -0.484 e. The van der Waals surface area contributed by atoms with E-state index in [2.05, 4.69) is 20.8 Å². The Balaban J connectivity index is 1.47. The normalized spacial score (nSPS) is 11.2. The molecule has 0 unspecified atom stereocenters. The van der Waals surface area contributed by atoms with E-state index in [1.807, 2.05) is 6.07 Å². The number of hydrogen-bond acceptors (Lipinski definition) is 6. The van der Waals surface area contributed by atoms with E-state index < -0.39 is 23.6 Å². The molecule has 0 saturated heterocycles. The highest BCUT2D eigenvalue weighted by molar-refractivity contribution is 7.99. The van der Waals surface area contributed by atoms with Crippen LogP contribution in [0.1, 0.15) is 11.4 Å². The number of amides is 2. The van der Waals surface area contributed by atoms with Gasteiger partial charge in [-0.3, -0.25) is 14.2 Å². The summed E-state index contributed by atoms with van der Waals surface area (Å²) in [6, 6.07) is 18.3. The largest absolute Gasteiger partial charge is 0.484 e. The van der Waals surface area contributed by atoms with Gasteiger partial charge in [0.05, 0.1) is 39.3 Å². The number of alkyl halides is 3. The van der Waals surface area contributed by atoms with Crippen LogP contribution < -0.4 is 15.4 Å². The maximum atomic E-state index is 13.3. The second kappa shape index (κ2) is 13.1. The third-order valence-electron chi connectivity index (χ3n) is 5.26. The van der Waals surface area contributed by atoms with Crippen molar-refractivity contribution in [3.05, 3.63) is 94.2 Å². The van der Waals surface area contributed by atoms with Crippen molar-refractivity contribution in [2.45, 2.75) is 17.9 Å². The van der Waals surface area contributed by atoms with E-state index >= 15 is 0 Å². The molecule has 208 valence electrons. The van der Waals surface area contributed by atoms with E-state index in [1.165, 1.54) is 18.2 Å². The van der Waals surface area contributed by atoms with Gasteiger partial charge in [0.1, 0.15) is 5.75 Å². The molecule has 0 aliphatic heterocycles. The molecule has 4 rings (SSSR count). The topological polar surface area (TPSA) is 98.1 Å². The van der Waals surface area contributed by atoms with Crippen molar-refractivity contribution in [1.82, 2.24) is 20.1 Å². The summed E-state index contributed by atoms with van der Waals surface area (Å²) in [6.07, 6.45) is -4.63. The zero-order valence-electron chi connectivity index (χ0n) is 20.4. The first kappa shape index (κ1) is 29.2. The number of benzene rings is 3. The molecule has 0 aliphatic carbocycles. The van der Waals surface area contributed by atoms with Crippen LogP contribution in [0.4, 0.5) is 18.9 Å². The zero-order chi connectivity index (χ0) is 28.7. The summed E-state index contributed by atoms with van der Waals surface area (Å²) in [6.45, 7) is -0.276. The lowest BCUT2D eigenvalue weighted by molar-refractivity contribution is -0.137. The molecule has 0 radical (unpaired) electrons. The molecule has 0 aliphatic rings. The molecule has 40 heavy (non-hydrogen) atoms. The Kier molecular flexibility index (Phi) is 9.56. The number of aromatic nitrogens is 3. The molecule has 8 nitrogen and oxygen atoms in total. The molecule has 14 heteroatoms.